The maximum Gasteiger partial charge on any atom is 0.261 e. The Morgan fingerprint density at radius 2 is 1.42 bits per heavy atom. The van der Waals surface area contributed by atoms with Crippen molar-refractivity contribution in [1.82, 2.24) is 4.90 Å². The van der Waals surface area contributed by atoms with Gasteiger partial charge in [0.2, 0.25) is 0 Å². The molecule has 6 heteroatoms. The minimum atomic E-state index is -0.214. The quantitative estimate of drug-likeness (QED) is 0.279. The minimum Gasteiger partial charge on any atom is -0.341 e. The first-order valence-corrected chi connectivity index (χ1v) is 11.5. The zero-order chi connectivity index (χ0) is 22.9. The highest BCUT2D eigenvalue weighted by molar-refractivity contribution is 6.31. The van der Waals surface area contributed by atoms with Gasteiger partial charge in [0.1, 0.15) is 6.29 Å². The number of unbranched alkanes of at least 4 members (excludes halogenated alkanes) is 1. The Kier molecular flexibility index (Phi) is 5.73. The summed E-state index contributed by atoms with van der Waals surface area (Å²) in [6.45, 7) is 1.10. The Morgan fingerprint density at radius 1 is 0.758 bits per heavy atom. The summed E-state index contributed by atoms with van der Waals surface area (Å²) >= 11 is 6.34. The van der Waals surface area contributed by atoms with E-state index >= 15 is 0 Å². The van der Waals surface area contributed by atoms with Crippen LogP contribution in [0.15, 0.2) is 60.7 Å². The second-order valence-electron chi connectivity index (χ2n) is 8.45. The number of aryl methyl sites for hydroxylation is 2. The Labute approximate surface area is 197 Å². The smallest absolute Gasteiger partial charge is 0.261 e. The lowest BCUT2D eigenvalue weighted by Crippen LogP contribution is -2.31. The first-order chi connectivity index (χ1) is 16.1. The molecule has 2 amide bonds. The molecule has 33 heavy (non-hydrogen) atoms. The Bertz CT molecular complexity index is 1230. The number of amides is 2. The molecule has 166 valence electrons. The summed E-state index contributed by atoms with van der Waals surface area (Å²) in [4.78, 5) is 40.2. The van der Waals surface area contributed by atoms with E-state index < -0.39 is 0 Å². The van der Waals surface area contributed by atoms with Crippen molar-refractivity contribution in [1.29, 1.82) is 0 Å². The molecular formula is C27H23ClN2O3. The van der Waals surface area contributed by atoms with Crippen LogP contribution in [-0.4, -0.2) is 36.1 Å². The predicted molar refractivity (Wildman–Crippen MR) is 129 cm³/mol. The van der Waals surface area contributed by atoms with Crippen molar-refractivity contribution in [2.75, 3.05) is 18.0 Å². The number of imide groups is 1. The SMILES string of the molecule is O=Cc1ccc2c(c1)CCc1ccc(Cl)cc1N2CCCCN1C(=O)c2ccccc2C1=O. The van der Waals surface area contributed by atoms with E-state index in [1.54, 1.807) is 24.3 Å². The first-order valence-electron chi connectivity index (χ1n) is 11.2. The Hall–Kier alpha value is -3.44. The van der Waals surface area contributed by atoms with E-state index in [0.717, 1.165) is 42.5 Å². The molecule has 0 unspecified atom stereocenters. The van der Waals surface area contributed by atoms with Crippen molar-refractivity contribution < 1.29 is 14.4 Å². The number of hydrogen-bond acceptors (Lipinski definition) is 4. The van der Waals surface area contributed by atoms with Gasteiger partial charge in [0.25, 0.3) is 11.8 Å². The van der Waals surface area contributed by atoms with Gasteiger partial charge in [0.05, 0.1) is 11.1 Å². The van der Waals surface area contributed by atoms with Crippen LogP contribution in [0.2, 0.25) is 5.02 Å². The molecule has 2 aliphatic rings. The van der Waals surface area contributed by atoms with Gasteiger partial charge in [0, 0.05) is 35.1 Å². The minimum absolute atomic E-state index is 0.214. The predicted octanol–water partition coefficient (Wildman–Crippen LogP) is 5.47. The summed E-state index contributed by atoms with van der Waals surface area (Å²) in [5.41, 5.74) is 6.12. The van der Waals surface area contributed by atoms with E-state index in [2.05, 4.69) is 11.0 Å². The number of benzene rings is 3. The number of halogens is 1. The van der Waals surface area contributed by atoms with Gasteiger partial charge in [-0.25, -0.2) is 0 Å². The third-order valence-corrected chi connectivity index (χ3v) is 6.66. The largest absolute Gasteiger partial charge is 0.341 e. The molecule has 0 radical (unpaired) electrons. The number of aldehydes is 1. The molecule has 3 aromatic rings. The summed E-state index contributed by atoms with van der Waals surface area (Å²) < 4.78 is 0. The van der Waals surface area contributed by atoms with Gasteiger partial charge in [-0.1, -0.05) is 29.8 Å². The van der Waals surface area contributed by atoms with E-state index in [4.69, 9.17) is 11.6 Å². The molecule has 0 aliphatic carbocycles. The maximum atomic E-state index is 12.6. The molecule has 0 bridgehead atoms. The van der Waals surface area contributed by atoms with E-state index in [1.807, 2.05) is 30.3 Å². The van der Waals surface area contributed by atoms with E-state index in [1.165, 1.54) is 10.5 Å². The molecule has 0 saturated carbocycles. The van der Waals surface area contributed by atoms with E-state index in [9.17, 15) is 14.4 Å². The molecule has 2 heterocycles. The zero-order valence-electron chi connectivity index (χ0n) is 18.1. The summed E-state index contributed by atoms with van der Waals surface area (Å²) in [6.07, 6.45) is 4.07. The number of carbonyl (C=O) groups excluding carboxylic acids is 3. The molecule has 0 aromatic heterocycles. The summed E-state index contributed by atoms with van der Waals surface area (Å²) in [5.74, 6) is -0.427. The fraction of sp³-hybridized carbons (Fsp3) is 0.222. The number of carbonyl (C=O) groups is 3. The zero-order valence-corrected chi connectivity index (χ0v) is 18.8. The van der Waals surface area contributed by atoms with E-state index in [0.29, 0.717) is 41.2 Å². The first kappa shape index (κ1) is 21.4. The van der Waals surface area contributed by atoms with Gasteiger partial charge in [-0.2, -0.15) is 0 Å². The van der Waals surface area contributed by atoms with Crippen LogP contribution in [0.25, 0.3) is 0 Å². The van der Waals surface area contributed by atoms with Crippen LogP contribution in [-0.2, 0) is 12.8 Å². The fourth-order valence-corrected chi connectivity index (χ4v) is 4.93. The van der Waals surface area contributed by atoms with Crippen LogP contribution in [0.3, 0.4) is 0 Å². The van der Waals surface area contributed by atoms with Crippen molar-refractivity contribution >= 4 is 41.1 Å². The number of fused-ring (bicyclic) bond motifs is 3. The Morgan fingerprint density at radius 3 is 2.12 bits per heavy atom. The summed E-state index contributed by atoms with van der Waals surface area (Å²) in [6, 6.07) is 18.7. The number of nitrogens with zero attached hydrogens (tertiary/aromatic N) is 2. The van der Waals surface area contributed by atoms with Crippen LogP contribution < -0.4 is 4.90 Å². The third kappa shape index (κ3) is 3.93. The molecule has 0 spiro atoms. The molecule has 5 nitrogen and oxygen atoms in total. The topological polar surface area (TPSA) is 57.7 Å². The van der Waals surface area contributed by atoms with Crippen molar-refractivity contribution in [3.05, 3.63) is 93.5 Å². The van der Waals surface area contributed by atoms with Gasteiger partial charge in [0.15, 0.2) is 0 Å². The molecular weight excluding hydrogens is 436 g/mol. The van der Waals surface area contributed by atoms with Crippen molar-refractivity contribution in [3.8, 4) is 0 Å². The molecule has 0 N–H and O–H groups in total. The molecule has 5 rings (SSSR count). The maximum absolute atomic E-state index is 12.6. The Balaban J connectivity index is 1.34. The lowest BCUT2D eigenvalue weighted by Gasteiger charge is -2.27. The monoisotopic (exact) mass is 458 g/mol. The van der Waals surface area contributed by atoms with Crippen LogP contribution in [0, 0.1) is 0 Å². The van der Waals surface area contributed by atoms with Gasteiger partial charge in [-0.3, -0.25) is 19.3 Å². The van der Waals surface area contributed by atoms with Gasteiger partial charge >= 0.3 is 0 Å². The molecule has 0 fully saturated rings. The van der Waals surface area contributed by atoms with Crippen molar-refractivity contribution in [2.24, 2.45) is 0 Å². The lowest BCUT2D eigenvalue weighted by molar-refractivity contribution is 0.0651. The van der Waals surface area contributed by atoms with Gasteiger partial charge in [-0.15, -0.1) is 0 Å². The van der Waals surface area contributed by atoms with Crippen molar-refractivity contribution in [2.45, 2.75) is 25.7 Å². The molecule has 0 atom stereocenters. The molecule has 0 saturated heterocycles. The average molecular weight is 459 g/mol. The normalized spacial score (nSPS) is 14.6. The number of hydrogen-bond donors (Lipinski definition) is 0. The average Bonchev–Trinajstić information content (AvgIpc) is 2.98. The van der Waals surface area contributed by atoms with Crippen LogP contribution in [0.4, 0.5) is 11.4 Å². The number of anilines is 2. The van der Waals surface area contributed by atoms with Crippen molar-refractivity contribution in [3.63, 3.8) is 0 Å². The summed E-state index contributed by atoms with van der Waals surface area (Å²) in [7, 11) is 0. The van der Waals surface area contributed by atoms with Crippen LogP contribution in [0.1, 0.15) is 55.0 Å². The van der Waals surface area contributed by atoms with E-state index in [-0.39, 0.29) is 11.8 Å². The molecule has 3 aromatic carbocycles. The van der Waals surface area contributed by atoms with Crippen LogP contribution >= 0.6 is 11.6 Å². The standard InChI is InChI=1S/C27H23ClN2O3/c28-21-11-10-19-8-9-20-15-18(17-31)7-12-24(20)29(25(19)16-21)13-3-4-14-30-26(32)22-5-1-2-6-23(22)27(30)33/h1-2,5-7,10-12,15-17H,3-4,8-9,13-14H2. The fourth-order valence-electron chi connectivity index (χ4n) is 4.76. The second kappa shape index (κ2) is 8.83. The lowest BCUT2D eigenvalue weighted by atomic mass is 10.0. The highest BCUT2D eigenvalue weighted by atomic mass is 35.5. The molecule has 2 aliphatic heterocycles. The highest BCUT2D eigenvalue weighted by Crippen LogP contribution is 2.38. The second-order valence-corrected chi connectivity index (χ2v) is 8.88. The highest BCUT2D eigenvalue weighted by Gasteiger charge is 2.34. The van der Waals surface area contributed by atoms with Gasteiger partial charge in [-0.05, 0) is 79.3 Å². The number of rotatable bonds is 6. The third-order valence-electron chi connectivity index (χ3n) is 6.42. The summed E-state index contributed by atoms with van der Waals surface area (Å²) in [5, 5.41) is 0.678. The van der Waals surface area contributed by atoms with Gasteiger partial charge < -0.3 is 4.90 Å². The van der Waals surface area contributed by atoms with Crippen LogP contribution in [0.5, 0.6) is 0 Å².